The van der Waals surface area contributed by atoms with E-state index in [2.05, 4.69) is 15.4 Å². The third kappa shape index (κ3) is 1.68. The van der Waals surface area contributed by atoms with Crippen molar-refractivity contribution in [1.29, 1.82) is 5.26 Å². The summed E-state index contributed by atoms with van der Waals surface area (Å²) in [6, 6.07) is 2.34. The van der Waals surface area contributed by atoms with Crippen LogP contribution in [0.5, 0.6) is 0 Å². The molecule has 0 aliphatic carbocycles. The van der Waals surface area contributed by atoms with Gasteiger partial charge in [0.05, 0.1) is 6.04 Å². The second-order valence-electron chi connectivity index (χ2n) is 3.14. The van der Waals surface area contributed by atoms with Gasteiger partial charge in [-0.25, -0.2) is 9.67 Å². The lowest BCUT2D eigenvalue weighted by molar-refractivity contribution is 0.342. The minimum atomic E-state index is 0.263. The Morgan fingerprint density at radius 1 is 1.54 bits per heavy atom. The maximum atomic E-state index is 8.55. The molecule has 0 spiro atoms. The number of piperidine rings is 1. The zero-order valence-electron chi connectivity index (χ0n) is 7.27. The van der Waals surface area contributed by atoms with Crippen LogP contribution in [0.2, 0.25) is 0 Å². The van der Waals surface area contributed by atoms with E-state index >= 15 is 0 Å². The third-order valence-electron chi connectivity index (χ3n) is 2.29. The molecule has 0 saturated carbocycles. The smallest absolute Gasteiger partial charge is 0.252 e. The summed E-state index contributed by atoms with van der Waals surface area (Å²) >= 11 is 0. The van der Waals surface area contributed by atoms with E-state index in [0.717, 1.165) is 25.9 Å². The quantitative estimate of drug-likeness (QED) is 0.659. The molecule has 2 heterocycles. The van der Waals surface area contributed by atoms with Crippen molar-refractivity contribution in [2.24, 2.45) is 0 Å². The van der Waals surface area contributed by atoms with Crippen LogP contribution in [0, 0.1) is 11.3 Å². The van der Waals surface area contributed by atoms with Gasteiger partial charge in [0.25, 0.3) is 5.82 Å². The van der Waals surface area contributed by atoms with Crippen LogP contribution in [0.4, 0.5) is 0 Å². The fourth-order valence-electron chi connectivity index (χ4n) is 1.57. The molecule has 1 aliphatic rings. The van der Waals surface area contributed by atoms with E-state index in [1.807, 2.05) is 6.07 Å². The van der Waals surface area contributed by atoms with Crippen LogP contribution in [0.1, 0.15) is 24.7 Å². The molecule has 0 bridgehead atoms. The van der Waals surface area contributed by atoms with Gasteiger partial charge in [-0.05, 0) is 25.9 Å². The fraction of sp³-hybridized carbons (Fsp3) is 0.625. The molecular weight excluding hydrogens is 166 g/mol. The molecule has 13 heavy (non-hydrogen) atoms. The van der Waals surface area contributed by atoms with Crippen molar-refractivity contribution in [2.45, 2.75) is 18.9 Å². The standard InChI is InChI=1S/C8H11N5/c9-5-8-11-6-13(12-8)7-1-3-10-4-2-7/h6-7,10H,1-4H2. The number of nitrogens with zero attached hydrogens (tertiary/aromatic N) is 4. The van der Waals surface area contributed by atoms with Gasteiger partial charge in [0, 0.05) is 0 Å². The molecule has 68 valence electrons. The lowest BCUT2D eigenvalue weighted by Crippen LogP contribution is -2.29. The molecule has 1 fully saturated rings. The topological polar surface area (TPSA) is 66.5 Å². The minimum Gasteiger partial charge on any atom is -0.317 e. The molecule has 1 aromatic heterocycles. The maximum absolute atomic E-state index is 8.55. The van der Waals surface area contributed by atoms with Gasteiger partial charge in [-0.3, -0.25) is 0 Å². The van der Waals surface area contributed by atoms with Crippen LogP contribution in [-0.4, -0.2) is 27.9 Å². The first-order valence-electron chi connectivity index (χ1n) is 4.42. The van der Waals surface area contributed by atoms with Crippen LogP contribution >= 0.6 is 0 Å². The van der Waals surface area contributed by atoms with Crippen molar-refractivity contribution in [3.05, 3.63) is 12.2 Å². The van der Waals surface area contributed by atoms with Crippen LogP contribution in [-0.2, 0) is 0 Å². The van der Waals surface area contributed by atoms with Crippen molar-refractivity contribution in [3.8, 4) is 6.07 Å². The normalized spacial score (nSPS) is 18.4. The van der Waals surface area contributed by atoms with E-state index in [-0.39, 0.29) is 5.82 Å². The highest BCUT2D eigenvalue weighted by Crippen LogP contribution is 2.16. The molecule has 0 amide bonds. The lowest BCUT2D eigenvalue weighted by Gasteiger charge is -2.22. The number of hydrogen-bond acceptors (Lipinski definition) is 4. The van der Waals surface area contributed by atoms with E-state index in [0.29, 0.717) is 6.04 Å². The highest BCUT2D eigenvalue weighted by atomic mass is 15.3. The van der Waals surface area contributed by atoms with Crippen LogP contribution in [0.25, 0.3) is 0 Å². The van der Waals surface area contributed by atoms with Gasteiger partial charge in [0.15, 0.2) is 0 Å². The molecule has 1 aliphatic heterocycles. The summed E-state index contributed by atoms with van der Waals surface area (Å²) in [6.07, 6.45) is 3.77. The van der Waals surface area contributed by atoms with Gasteiger partial charge in [-0.15, -0.1) is 5.10 Å². The minimum absolute atomic E-state index is 0.263. The summed E-state index contributed by atoms with van der Waals surface area (Å²) in [5.41, 5.74) is 0. The lowest BCUT2D eigenvalue weighted by atomic mass is 10.1. The van der Waals surface area contributed by atoms with Gasteiger partial charge in [-0.1, -0.05) is 0 Å². The number of aromatic nitrogens is 3. The number of nitrogens with one attached hydrogen (secondary N) is 1. The van der Waals surface area contributed by atoms with Gasteiger partial charge in [0.1, 0.15) is 12.4 Å². The summed E-state index contributed by atoms with van der Waals surface area (Å²) in [5.74, 6) is 0.263. The van der Waals surface area contributed by atoms with Gasteiger partial charge < -0.3 is 5.32 Å². The highest BCUT2D eigenvalue weighted by molar-refractivity contribution is 5.05. The predicted octanol–water partition coefficient (Wildman–Crippen LogP) is 0.0743. The molecule has 2 rings (SSSR count). The van der Waals surface area contributed by atoms with Crippen molar-refractivity contribution in [3.63, 3.8) is 0 Å². The molecule has 5 heteroatoms. The molecule has 5 nitrogen and oxygen atoms in total. The molecule has 0 radical (unpaired) electrons. The van der Waals surface area contributed by atoms with Crippen LogP contribution in [0.3, 0.4) is 0 Å². The Hall–Kier alpha value is -1.41. The summed E-state index contributed by atoms with van der Waals surface area (Å²) < 4.78 is 1.80. The molecule has 1 saturated heterocycles. The summed E-state index contributed by atoms with van der Waals surface area (Å²) in [5, 5.41) is 15.9. The zero-order chi connectivity index (χ0) is 9.10. The Morgan fingerprint density at radius 3 is 2.92 bits per heavy atom. The van der Waals surface area contributed by atoms with E-state index in [9.17, 15) is 0 Å². The summed E-state index contributed by atoms with van der Waals surface area (Å²) in [4.78, 5) is 3.88. The SMILES string of the molecule is N#Cc1ncn(C2CCNCC2)n1. The second-order valence-corrected chi connectivity index (χ2v) is 3.14. The van der Waals surface area contributed by atoms with E-state index in [1.165, 1.54) is 0 Å². The highest BCUT2D eigenvalue weighted by Gasteiger charge is 2.15. The summed E-state index contributed by atoms with van der Waals surface area (Å²) in [6.45, 7) is 2.04. The number of nitriles is 1. The Bertz CT molecular complexity index is 318. The molecule has 1 aromatic rings. The zero-order valence-corrected chi connectivity index (χ0v) is 7.27. The van der Waals surface area contributed by atoms with Crippen molar-refractivity contribution in [1.82, 2.24) is 20.1 Å². The summed E-state index contributed by atoms with van der Waals surface area (Å²) in [7, 11) is 0. The first kappa shape index (κ1) is 8.20. The Morgan fingerprint density at radius 2 is 2.31 bits per heavy atom. The van der Waals surface area contributed by atoms with Gasteiger partial charge >= 0.3 is 0 Å². The Balaban J connectivity index is 2.11. The van der Waals surface area contributed by atoms with E-state index < -0.39 is 0 Å². The molecule has 0 aromatic carbocycles. The van der Waals surface area contributed by atoms with E-state index in [1.54, 1.807) is 11.0 Å². The van der Waals surface area contributed by atoms with Crippen molar-refractivity contribution >= 4 is 0 Å². The molecule has 0 unspecified atom stereocenters. The average molecular weight is 177 g/mol. The molecule has 1 N–H and O–H groups in total. The second kappa shape index (κ2) is 3.54. The molecule has 0 atom stereocenters. The van der Waals surface area contributed by atoms with Crippen molar-refractivity contribution < 1.29 is 0 Å². The average Bonchev–Trinajstić information content (AvgIpc) is 2.67. The largest absolute Gasteiger partial charge is 0.317 e. The monoisotopic (exact) mass is 177 g/mol. The Labute approximate surface area is 76.4 Å². The predicted molar refractivity (Wildman–Crippen MR) is 45.9 cm³/mol. The van der Waals surface area contributed by atoms with Gasteiger partial charge in [0.2, 0.25) is 0 Å². The number of hydrogen-bond donors (Lipinski definition) is 1. The molecular formula is C8H11N5. The van der Waals surface area contributed by atoms with Crippen LogP contribution < -0.4 is 5.32 Å². The first-order chi connectivity index (χ1) is 6.40. The fourth-order valence-corrected chi connectivity index (χ4v) is 1.57. The first-order valence-corrected chi connectivity index (χ1v) is 4.42. The van der Waals surface area contributed by atoms with Gasteiger partial charge in [-0.2, -0.15) is 5.26 Å². The number of rotatable bonds is 1. The van der Waals surface area contributed by atoms with E-state index in [4.69, 9.17) is 5.26 Å². The van der Waals surface area contributed by atoms with Crippen molar-refractivity contribution in [2.75, 3.05) is 13.1 Å². The Kier molecular flexibility index (Phi) is 2.23. The van der Waals surface area contributed by atoms with Crippen LogP contribution in [0.15, 0.2) is 6.33 Å². The third-order valence-corrected chi connectivity index (χ3v) is 2.29. The maximum Gasteiger partial charge on any atom is 0.252 e.